The van der Waals surface area contributed by atoms with E-state index in [0.717, 1.165) is 36.8 Å². The van der Waals surface area contributed by atoms with Crippen molar-refractivity contribution < 1.29 is 9.47 Å². The number of para-hydroxylation sites is 2. The Morgan fingerprint density at radius 3 is 2.53 bits per heavy atom. The maximum absolute atomic E-state index is 5.73. The van der Waals surface area contributed by atoms with Crippen LogP contribution in [0.5, 0.6) is 11.5 Å². The van der Waals surface area contributed by atoms with Crippen molar-refractivity contribution in [2.24, 2.45) is 0 Å². The maximum atomic E-state index is 5.73. The van der Waals surface area contributed by atoms with Crippen LogP contribution >= 0.6 is 11.6 Å². The summed E-state index contributed by atoms with van der Waals surface area (Å²) in [6.45, 7) is 6.24. The Hall–Kier alpha value is -0.930. The van der Waals surface area contributed by atoms with E-state index in [-0.39, 0.29) is 0 Å². The number of benzene rings is 1. The van der Waals surface area contributed by atoms with Crippen molar-refractivity contribution in [3.05, 3.63) is 24.3 Å². The minimum Gasteiger partial charge on any atom is -0.490 e. The largest absolute Gasteiger partial charge is 0.490 e. The summed E-state index contributed by atoms with van der Waals surface area (Å²) in [6, 6.07) is 8.24. The van der Waals surface area contributed by atoms with Crippen molar-refractivity contribution in [2.45, 2.75) is 32.7 Å². The first kappa shape index (κ1) is 16.1. The fourth-order valence-corrected chi connectivity index (χ4v) is 1.95. The zero-order chi connectivity index (χ0) is 13.9. The van der Waals surface area contributed by atoms with E-state index < -0.39 is 0 Å². The lowest BCUT2D eigenvalue weighted by molar-refractivity contribution is 0.271. The second kappa shape index (κ2) is 9.93. The van der Waals surface area contributed by atoms with Gasteiger partial charge in [-0.25, -0.2) is 0 Å². The predicted octanol–water partition coefficient (Wildman–Crippen LogP) is 3.46. The molecule has 108 valence electrons. The van der Waals surface area contributed by atoms with Crippen LogP contribution in [-0.2, 0) is 0 Å². The third-order valence-electron chi connectivity index (χ3n) is 2.77. The highest BCUT2D eigenvalue weighted by atomic mass is 35.5. The van der Waals surface area contributed by atoms with Gasteiger partial charge in [-0.3, -0.25) is 0 Å². The third kappa shape index (κ3) is 6.69. The Bertz CT molecular complexity index is 347. The Labute approximate surface area is 121 Å². The van der Waals surface area contributed by atoms with Crippen molar-refractivity contribution in [1.29, 1.82) is 0 Å². The topological polar surface area (TPSA) is 30.5 Å². The van der Waals surface area contributed by atoms with Crippen molar-refractivity contribution in [3.63, 3.8) is 0 Å². The molecule has 19 heavy (non-hydrogen) atoms. The Morgan fingerprint density at radius 1 is 1.21 bits per heavy atom. The summed E-state index contributed by atoms with van der Waals surface area (Å²) in [4.78, 5) is 0. The molecule has 0 saturated heterocycles. The van der Waals surface area contributed by atoms with Crippen LogP contribution in [0.4, 0.5) is 0 Å². The summed E-state index contributed by atoms with van der Waals surface area (Å²) in [5.41, 5.74) is 0. The monoisotopic (exact) mass is 285 g/mol. The second-order valence-electron chi connectivity index (χ2n) is 4.41. The zero-order valence-corrected chi connectivity index (χ0v) is 12.6. The van der Waals surface area contributed by atoms with Gasteiger partial charge in [0.05, 0.1) is 6.61 Å². The lowest BCUT2D eigenvalue weighted by atomic mass is 10.2. The quantitative estimate of drug-likeness (QED) is 0.527. The average Bonchev–Trinajstić information content (AvgIpc) is 2.43. The SMILES string of the molecule is CCOc1ccccc1OCCNC(C)CCCCl. The molecule has 4 heteroatoms. The molecule has 1 unspecified atom stereocenters. The molecular formula is C15H24ClNO2. The standard InChI is InChI=1S/C15H24ClNO2/c1-3-18-14-8-4-5-9-15(14)19-12-11-17-13(2)7-6-10-16/h4-5,8-9,13,17H,3,6-7,10-12H2,1-2H3. The second-order valence-corrected chi connectivity index (χ2v) is 4.79. The van der Waals surface area contributed by atoms with Gasteiger partial charge in [0.2, 0.25) is 0 Å². The first-order valence-electron chi connectivity index (χ1n) is 6.92. The molecule has 0 aliphatic rings. The number of hydrogen-bond acceptors (Lipinski definition) is 3. The van der Waals surface area contributed by atoms with Crippen LogP contribution in [0.3, 0.4) is 0 Å². The summed E-state index contributed by atoms with van der Waals surface area (Å²) < 4.78 is 11.2. The normalized spacial score (nSPS) is 12.2. The smallest absolute Gasteiger partial charge is 0.161 e. The number of alkyl halides is 1. The lowest BCUT2D eigenvalue weighted by Gasteiger charge is -2.15. The molecule has 0 aromatic heterocycles. The van der Waals surface area contributed by atoms with Crippen molar-refractivity contribution in [1.82, 2.24) is 5.32 Å². The van der Waals surface area contributed by atoms with E-state index in [1.165, 1.54) is 0 Å². The van der Waals surface area contributed by atoms with Gasteiger partial charge < -0.3 is 14.8 Å². The van der Waals surface area contributed by atoms with E-state index in [2.05, 4.69) is 12.2 Å². The molecule has 0 aliphatic heterocycles. The van der Waals surface area contributed by atoms with Crippen LogP contribution in [0.1, 0.15) is 26.7 Å². The summed E-state index contributed by atoms with van der Waals surface area (Å²) in [7, 11) is 0. The van der Waals surface area contributed by atoms with E-state index in [1.807, 2.05) is 31.2 Å². The van der Waals surface area contributed by atoms with E-state index >= 15 is 0 Å². The van der Waals surface area contributed by atoms with Crippen LogP contribution in [0.15, 0.2) is 24.3 Å². The first-order chi connectivity index (χ1) is 9.27. The molecule has 0 amide bonds. The minimum absolute atomic E-state index is 0.476. The van der Waals surface area contributed by atoms with Gasteiger partial charge in [-0.05, 0) is 38.8 Å². The van der Waals surface area contributed by atoms with Gasteiger partial charge in [-0.2, -0.15) is 0 Å². The molecule has 1 aromatic rings. The van der Waals surface area contributed by atoms with Crippen LogP contribution in [0.2, 0.25) is 0 Å². The number of halogens is 1. The Morgan fingerprint density at radius 2 is 1.89 bits per heavy atom. The summed E-state index contributed by atoms with van der Waals surface area (Å²) in [6.07, 6.45) is 2.14. The van der Waals surface area contributed by atoms with Gasteiger partial charge in [0.25, 0.3) is 0 Å². The minimum atomic E-state index is 0.476. The van der Waals surface area contributed by atoms with Crippen molar-refractivity contribution in [2.75, 3.05) is 25.6 Å². The molecule has 1 N–H and O–H groups in total. The fourth-order valence-electron chi connectivity index (χ4n) is 1.80. The van der Waals surface area contributed by atoms with Gasteiger partial charge in [0.15, 0.2) is 11.5 Å². The van der Waals surface area contributed by atoms with Crippen molar-refractivity contribution in [3.8, 4) is 11.5 Å². The number of nitrogens with one attached hydrogen (secondary N) is 1. The average molecular weight is 286 g/mol. The molecule has 1 rings (SSSR count). The molecule has 0 aliphatic carbocycles. The number of rotatable bonds is 10. The summed E-state index contributed by atoms with van der Waals surface area (Å²) >= 11 is 5.67. The molecule has 0 bridgehead atoms. The number of hydrogen-bond donors (Lipinski definition) is 1. The van der Waals surface area contributed by atoms with E-state index in [4.69, 9.17) is 21.1 Å². The van der Waals surface area contributed by atoms with Crippen LogP contribution in [0, 0.1) is 0 Å². The fraction of sp³-hybridized carbons (Fsp3) is 0.600. The van der Waals surface area contributed by atoms with Gasteiger partial charge in [0.1, 0.15) is 6.61 Å². The van der Waals surface area contributed by atoms with E-state index in [9.17, 15) is 0 Å². The molecule has 0 heterocycles. The molecule has 1 aromatic carbocycles. The van der Waals surface area contributed by atoms with Crippen LogP contribution < -0.4 is 14.8 Å². The third-order valence-corrected chi connectivity index (χ3v) is 3.04. The Kier molecular flexibility index (Phi) is 8.43. The maximum Gasteiger partial charge on any atom is 0.161 e. The molecule has 0 saturated carbocycles. The van der Waals surface area contributed by atoms with Gasteiger partial charge >= 0.3 is 0 Å². The number of ether oxygens (including phenoxy) is 2. The van der Waals surface area contributed by atoms with Gasteiger partial charge in [-0.15, -0.1) is 11.6 Å². The first-order valence-corrected chi connectivity index (χ1v) is 7.45. The van der Waals surface area contributed by atoms with Crippen LogP contribution in [0.25, 0.3) is 0 Å². The highest BCUT2D eigenvalue weighted by Crippen LogP contribution is 2.25. The summed E-state index contributed by atoms with van der Waals surface area (Å²) in [5, 5.41) is 3.41. The van der Waals surface area contributed by atoms with E-state index in [1.54, 1.807) is 0 Å². The van der Waals surface area contributed by atoms with Gasteiger partial charge in [0, 0.05) is 18.5 Å². The Balaban J connectivity index is 2.25. The lowest BCUT2D eigenvalue weighted by Crippen LogP contribution is -2.30. The zero-order valence-electron chi connectivity index (χ0n) is 11.8. The molecule has 1 atom stereocenters. The summed E-state index contributed by atoms with van der Waals surface area (Å²) in [5.74, 6) is 2.34. The molecule has 0 spiro atoms. The van der Waals surface area contributed by atoms with Crippen molar-refractivity contribution >= 4 is 11.6 Å². The highest BCUT2D eigenvalue weighted by Gasteiger charge is 2.04. The predicted molar refractivity (Wildman–Crippen MR) is 80.5 cm³/mol. The highest BCUT2D eigenvalue weighted by molar-refractivity contribution is 6.17. The molecule has 0 fully saturated rings. The molecular weight excluding hydrogens is 262 g/mol. The van der Waals surface area contributed by atoms with E-state index in [0.29, 0.717) is 19.3 Å². The van der Waals surface area contributed by atoms with Crippen LogP contribution in [-0.4, -0.2) is 31.7 Å². The van der Waals surface area contributed by atoms with Gasteiger partial charge in [-0.1, -0.05) is 12.1 Å². The molecule has 0 radical (unpaired) electrons. The molecule has 3 nitrogen and oxygen atoms in total.